The molecule has 20 heavy (non-hydrogen) atoms. The summed E-state index contributed by atoms with van der Waals surface area (Å²) in [6.07, 6.45) is 2.34. The summed E-state index contributed by atoms with van der Waals surface area (Å²) in [5.41, 5.74) is 7.45. The number of halogens is 2. The fraction of sp³-hybridized carbons (Fsp3) is 0.533. The molecule has 1 aromatic carbocycles. The van der Waals surface area contributed by atoms with Crippen LogP contribution in [-0.4, -0.2) is 22.9 Å². The van der Waals surface area contributed by atoms with E-state index in [-0.39, 0.29) is 5.91 Å². The van der Waals surface area contributed by atoms with Crippen LogP contribution in [0, 0.1) is 0 Å². The largest absolute Gasteiger partial charge is 0.336 e. The Labute approximate surface area is 130 Å². The lowest BCUT2D eigenvalue weighted by Gasteiger charge is -2.35. The van der Waals surface area contributed by atoms with Crippen molar-refractivity contribution in [3.63, 3.8) is 0 Å². The highest BCUT2D eigenvalue weighted by Gasteiger charge is 2.33. The molecule has 0 radical (unpaired) electrons. The molecule has 3 nitrogen and oxygen atoms in total. The number of fused-ring (bicyclic) bond motifs is 1. The SMILES string of the molecule is CCCC(C)(N)C(=O)N1CCc2cc(Cl)cc(Cl)c2C1. The summed E-state index contributed by atoms with van der Waals surface area (Å²) < 4.78 is 0. The zero-order chi connectivity index (χ0) is 14.9. The zero-order valence-corrected chi connectivity index (χ0v) is 13.4. The normalized spacial score (nSPS) is 17.6. The van der Waals surface area contributed by atoms with Crippen molar-refractivity contribution in [2.45, 2.75) is 45.2 Å². The van der Waals surface area contributed by atoms with Crippen LogP contribution < -0.4 is 5.73 Å². The molecule has 1 unspecified atom stereocenters. The average molecular weight is 315 g/mol. The fourth-order valence-electron chi connectivity index (χ4n) is 2.74. The maximum absolute atomic E-state index is 12.5. The first-order valence-corrected chi connectivity index (χ1v) is 7.66. The van der Waals surface area contributed by atoms with Crippen molar-refractivity contribution in [3.8, 4) is 0 Å². The minimum atomic E-state index is -0.800. The Morgan fingerprint density at radius 3 is 2.80 bits per heavy atom. The van der Waals surface area contributed by atoms with Gasteiger partial charge in [-0.05, 0) is 43.0 Å². The van der Waals surface area contributed by atoms with Gasteiger partial charge in [0, 0.05) is 23.1 Å². The van der Waals surface area contributed by atoms with Crippen LogP contribution in [0.2, 0.25) is 10.0 Å². The molecule has 0 fully saturated rings. The zero-order valence-electron chi connectivity index (χ0n) is 11.9. The van der Waals surface area contributed by atoms with E-state index in [0.29, 0.717) is 29.6 Å². The lowest BCUT2D eigenvalue weighted by Crippen LogP contribution is -2.54. The van der Waals surface area contributed by atoms with Gasteiger partial charge in [0.05, 0.1) is 5.54 Å². The van der Waals surface area contributed by atoms with Gasteiger partial charge in [-0.25, -0.2) is 0 Å². The predicted octanol–water partition coefficient (Wildman–Crippen LogP) is 3.40. The number of nitrogens with two attached hydrogens (primary N) is 1. The van der Waals surface area contributed by atoms with Crippen molar-refractivity contribution in [2.24, 2.45) is 5.73 Å². The highest BCUT2D eigenvalue weighted by Crippen LogP contribution is 2.30. The smallest absolute Gasteiger partial charge is 0.242 e. The molecular formula is C15H20Cl2N2O. The van der Waals surface area contributed by atoms with Gasteiger partial charge in [0.15, 0.2) is 0 Å². The third-order valence-electron chi connectivity index (χ3n) is 3.80. The molecule has 1 aliphatic rings. The molecule has 5 heteroatoms. The summed E-state index contributed by atoms with van der Waals surface area (Å²) in [5.74, 6) is -0.00369. The van der Waals surface area contributed by atoms with Crippen molar-refractivity contribution < 1.29 is 4.79 Å². The number of amides is 1. The van der Waals surface area contributed by atoms with Crippen LogP contribution in [0.3, 0.4) is 0 Å². The summed E-state index contributed by atoms with van der Waals surface area (Å²) in [6, 6.07) is 3.65. The standard InChI is InChI=1S/C15H20Cl2N2O/c1-3-5-15(2,18)14(20)19-6-4-10-7-11(16)8-13(17)12(10)9-19/h7-8H,3-6,9,18H2,1-2H3. The Morgan fingerprint density at radius 1 is 1.45 bits per heavy atom. The molecule has 0 bridgehead atoms. The second-order valence-electron chi connectivity index (χ2n) is 5.67. The first-order valence-electron chi connectivity index (χ1n) is 6.90. The number of nitrogens with zero attached hydrogens (tertiary/aromatic N) is 1. The molecule has 2 N–H and O–H groups in total. The van der Waals surface area contributed by atoms with Crippen molar-refractivity contribution >= 4 is 29.1 Å². The Kier molecular flexibility index (Phi) is 4.62. The molecule has 2 rings (SSSR count). The van der Waals surface area contributed by atoms with Gasteiger partial charge >= 0.3 is 0 Å². The molecular weight excluding hydrogens is 295 g/mol. The molecule has 0 aliphatic carbocycles. The summed E-state index contributed by atoms with van der Waals surface area (Å²) in [5, 5.41) is 1.27. The molecule has 1 amide bonds. The molecule has 0 aromatic heterocycles. The Morgan fingerprint density at radius 2 is 2.15 bits per heavy atom. The van der Waals surface area contributed by atoms with Crippen molar-refractivity contribution in [1.29, 1.82) is 0 Å². The van der Waals surface area contributed by atoms with Crippen LogP contribution in [0.25, 0.3) is 0 Å². The van der Waals surface area contributed by atoms with Gasteiger partial charge in [-0.3, -0.25) is 4.79 Å². The van der Waals surface area contributed by atoms with E-state index >= 15 is 0 Å². The van der Waals surface area contributed by atoms with Gasteiger partial charge in [-0.1, -0.05) is 36.5 Å². The van der Waals surface area contributed by atoms with Crippen molar-refractivity contribution in [2.75, 3.05) is 6.54 Å². The lowest BCUT2D eigenvalue weighted by atomic mass is 9.93. The van der Waals surface area contributed by atoms with Gasteiger partial charge in [0.1, 0.15) is 0 Å². The van der Waals surface area contributed by atoms with Crippen LogP contribution in [0.5, 0.6) is 0 Å². The minimum absolute atomic E-state index is 0.00369. The lowest BCUT2D eigenvalue weighted by molar-refractivity contribution is -0.137. The molecule has 110 valence electrons. The maximum Gasteiger partial charge on any atom is 0.242 e. The summed E-state index contributed by atoms with van der Waals surface area (Å²) >= 11 is 12.2. The minimum Gasteiger partial charge on any atom is -0.336 e. The Balaban J connectivity index is 2.21. The quantitative estimate of drug-likeness (QED) is 0.929. The van der Waals surface area contributed by atoms with Crippen LogP contribution in [-0.2, 0) is 17.8 Å². The predicted molar refractivity (Wildman–Crippen MR) is 83.1 cm³/mol. The first kappa shape index (κ1) is 15.6. The van der Waals surface area contributed by atoms with Crippen LogP contribution in [0.1, 0.15) is 37.8 Å². The first-order chi connectivity index (χ1) is 9.35. The number of benzene rings is 1. The van der Waals surface area contributed by atoms with Crippen LogP contribution >= 0.6 is 23.2 Å². The topological polar surface area (TPSA) is 46.3 Å². The maximum atomic E-state index is 12.5. The van der Waals surface area contributed by atoms with E-state index in [0.717, 1.165) is 24.0 Å². The molecule has 1 aromatic rings. The number of hydrogen-bond donors (Lipinski definition) is 1. The summed E-state index contributed by atoms with van der Waals surface area (Å²) in [6.45, 7) is 5.01. The van der Waals surface area contributed by atoms with Crippen LogP contribution in [0.4, 0.5) is 0 Å². The molecule has 0 spiro atoms. The van der Waals surface area contributed by atoms with E-state index in [1.807, 2.05) is 13.0 Å². The fourth-order valence-corrected chi connectivity index (χ4v) is 3.34. The van der Waals surface area contributed by atoms with Crippen molar-refractivity contribution in [3.05, 3.63) is 33.3 Å². The van der Waals surface area contributed by atoms with Gasteiger partial charge in [-0.2, -0.15) is 0 Å². The monoisotopic (exact) mass is 314 g/mol. The van der Waals surface area contributed by atoms with E-state index in [9.17, 15) is 4.79 Å². The average Bonchev–Trinajstić information content (AvgIpc) is 2.37. The summed E-state index contributed by atoms with van der Waals surface area (Å²) in [4.78, 5) is 14.3. The van der Waals surface area contributed by atoms with E-state index in [1.54, 1.807) is 17.9 Å². The molecule has 0 saturated heterocycles. The van der Waals surface area contributed by atoms with E-state index in [4.69, 9.17) is 28.9 Å². The number of rotatable bonds is 3. The second-order valence-corrected chi connectivity index (χ2v) is 6.51. The third-order valence-corrected chi connectivity index (χ3v) is 4.35. The summed E-state index contributed by atoms with van der Waals surface area (Å²) in [7, 11) is 0. The van der Waals surface area contributed by atoms with Gasteiger partial charge in [0.2, 0.25) is 5.91 Å². The Hall–Kier alpha value is -0.770. The number of carbonyl (C=O) groups is 1. The molecule has 1 heterocycles. The third kappa shape index (κ3) is 3.11. The highest BCUT2D eigenvalue weighted by molar-refractivity contribution is 6.35. The van der Waals surface area contributed by atoms with E-state index in [2.05, 4.69) is 0 Å². The molecule has 1 aliphatic heterocycles. The Bertz CT molecular complexity index is 529. The van der Waals surface area contributed by atoms with Gasteiger partial charge in [0.25, 0.3) is 0 Å². The van der Waals surface area contributed by atoms with E-state index < -0.39 is 5.54 Å². The van der Waals surface area contributed by atoms with Gasteiger partial charge in [-0.15, -0.1) is 0 Å². The molecule has 1 atom stereocenters. The molecule has 0 saturated carbocycles. The highest BCUT2D eigenvalue weighted by atomic mass is 35.5. The van der Waals surface area contributed by atoms with Crippen LogP contribution in [0.15, 0.2) is 12.1 Å². The van der Waals surface area contributed by atoms with Gasteiger partial charge < -0.3 is 10.6 Å². The van der Waals surface area contributed by atoms with Crippen molar-refractivity contribution in [1.82, 2.24) is 4.90 Å². The number of carbonyl (C=O) groups excluding carboxylic acids is 1. The van der Waals surface area contributed by atoms with E-state index in [1.165, 1.54) is 0 Å². The number of hydrogen-bond acceptors (Lipinski definition) is 2. The second kappa shape index (κ2) is 5.92.